The van der Waals surface area contributed by atoms with Gasteiger partial charge in [0.2, 0.25) is 5.91 Å². The molecule has 154 valence electrons. The number of H-pyrrole nitrogens is 1. The van der Waals surface area contributed by atoms with Gasteiger partial charge in [0, 0.05) is 31.5 Å². The van der Waals surface area contributed by atoms with Crippen molar-refractivity contribution in [2.24, 2.45) is 0 Å². The van der Waals surface area contributed by atoms with Crippen molar-refractivity contribution in [2.45, 2.75) is 38.6 Å². The van der Waals surface area contributed by atoms with Gasteiger partial charge in [-0.1, -0.05) is 22.5 Å². The van der Waals surface area contributed by atoms with Crippen LogP contribution in [0.5, 0.6) is 0 Å². The first-order chi connectivity index (χ1) is 14.7. The summed E-state index contributed by atoms with van der Waals surface area (Å²) in [6.45, 7) is 3.86. The summed E-state index contributed by atoms with van der Waals surface area (Å²) < 4.78 is 7.22. The van der Waals surface area contributed by atoms with Crippen molar-refractivity contribution in [3.63, 3.8) is 0 Å². The predicted molar refractivity (Wildman–Crippen MR) is 110 cm³/mol. The van der Waals surface area contributed by atoms with E-state index in [-0.39, 0.29) is 11.8 Å². The lowest BCUT2D eigenvalue weighted by Crippen LogP contribution is -2.39. The van der Waals surface area contributed by atoms with Gasteiger partial charge in [0.05, 0.1) is 35.2 Å². The van der Waals surface area contributed by atoms with Crippen LogP contribution in [0.1, 0.15) is 36.6 Å². The van der Waals surface area contributed by atoms with Gasteiger partial charge in [0.1, 0.15) is 5.52 Å². The largest absolute Gasteiger partial charge is 0.356 e. The molecule has 4 aromatic rings. The molecule has 1 aromatic carbocycles. The van der Waals surface area contributed by atoms with Crippen LogP contribution in [0.2, 0.25) is 0 Å². The Balaban J connectivity index is 1.27. The minimum atomic E-state index is 0.135. The highest BCUT2D eigenvalue weighted by atomic mass is 16.5. The number of amides is 1. The number of aryl methyl sites for hydroxylation is 2. The molecule has 1 saturated heterocycles. The van der Waals surface area contributed by atoms with E-state index >= 15 is 0 Å². The van der Waals surface area contributed by atoms with Crippen LogP contribution in [-0.2, 0) is 11.3 Å². The number of nitrogens with one attached hydrogen (secondary N) is 1. The monoisotopic (exact) mass is 405 g/mol. The van der Waals surface area contributed by atoms with Crippen LogP contribution in [-0.4, -0.2) is 54.2 Å². The molecule has 0 spiro atoms. The number of benzene rings is 1. The van der Waals surface area contributed by atoms with Gasteiger partial charge in [-0.3, -0.25) is 9.89 Å². The third-order valence-corrected chi connectivity index (χ3v) is 5.70. The molecule has 3 aromatic heterocycles. The summed E-state index contributed by atoms with van der Waals surface area (Å²) in [5.74, 6) is 1.03. The van der Waals surface area contributed by atoms with Crippen molar-refractivity contribution in [3.05, 3.63) is 47.9 Å². The minimum Gasteiger partial charge on any atom is -0.356 e. The van der Waals surface area contributed by atoms with E-state index in [9.17, 15) is 4.79 Å². The molecule has 9 nitrogen and oxygen atoms in total. The van der Waals surface area contributed by atoms with Crippen LogP contribution < -0.4 is 0 Å². The van der Waals surface area contributed by atoms with E-state index in [0.29, 0.717) is 25.3 Å². The van der Waals surface area contributed by atoms with E-state index in [1.165, 1.54) is 0 Å². The second-order valence-corrected chi connectivity index (χ2v) is 7.76. The molecule has 1 amide bonds. The molecule has 1 aliphatic rings. The normalized spacial score (nSPS) is 17.0. The fraction of sp³-hybridized carbons (Fsp3) is 0.381. The molecule has 1 fully saturated rings. The van der Waals surface area contributed by atoms with Crippen molar-refractivity contribution >= 4 is 16.9 Å². The molecular weight excluding hydrogens is 382 g/mol. The van der Waals surface area contributed by atoms with E-state index in [4.69, 9.17) is 4.52 Å². The third kappa shape index (κ3) is 3.47. The number of aromatic amines is 1. The van der Waals surface area contributed by atoms with Gasteiger partial charge >= 0.3 is 0 Å². The first-order valence-corrected chi connectivity index (χ1v) is 10.2. The average Bonchev–Trinajstić information content (AvgIpc) is 3.51. The number of fused-ring (bicyclic) bond motifs is 1. The number of likely N-dealkylation sites (tertiary alicyclic amines) is 1. The molecule has 0 saturated carbocycles. The molecule has 4 heterocycles. The van der Waals surface area contributed by atoms with Gasteiger partial charge in [0.25, 0.3) is 0 Å². The van der Waals surface area contributed by atoms with Gasteiger partial charge in [-0.2, -0.15) is 5.10 Å². The maximum absolute atomic E-state index is 12.9. The summed E-state index contributed by atoms with van der Waals surface area (Å²) in [6.07, 6.45) is 4.12. The number of piperidine rings is 1. The van der Waals surface area contributed by atoms with E-state index in [0.717, 1.165) is 47.4 Å². The maximum Gasteiger partial charge on any atom is 0.224 e. The lowest BCUT2D eigenvalue weighted by atomic mass is 9.91. The van der Waals surface area contributed by atoms with Crippen LogP contribution >= 0.6 is 0 Å². The molecule has 5 rings (SSSR count). The van der Waals surface area contributed by atoms with Crippen LogP contribution in [0.3, 0.4) is 0 Å². The first kappa shape index (κ1) is 18.5. The summed E-state index contributed by atoms with van der Waals surface area (Å²) >= 11 is 0. The number of carbonyl (C=O) groups is 1. The molecule has 0 radical (unpaired) electrons. The van der Waals surface area contributed by atoms with E-state index in [1.54, 1.807) is 10.9 Å². The Kier molecular flexibility index (Phi) is 4.78. The molecule has 30 heavy (non-hydrogen) atoms. The molecular formula is C21H23N7O2. The molecule has 9 heteroatoms. The number of aromatic nitrogens is 6. The number of rotatable bonds is 5. The summed E-state index contributed by atoms with van der Waals surface area (Å²) in [6, 6.07) is 9.69. The Labute approximate surface area is 173 Å². The summed E-state index contributed by atoms with van der Waals surface area (Å²) in [5.41, 5.74) is 4.55. The van der Waals surface area contributed by atoms with Gasteiger partial charge in [0.15, 0.2) is 5.76 Å². The van der Waals surface area contributed by atoms with E-state index in [2.05, 4.69) is 25.7 Å². The lowest BCUT2D eigenvalue weighted by molar-refractivity contribution is -0.132. The number of carbonyl (C=O) groups excluding carboxylic acids is 1. The third-order valence-electron chi connectivity index (χ3n) is 5.70. The zero-order valence-electron chi connectivity index (χ0n) is 16.8. The Bertz CT molecular complexity index is 1170. The van der Waals surface area contributed by atoms with Crippen LogP contribution in [0.4, 0.5) is 0 Å². The molecule has 0 bridgehead atoms. The standard InChI is InChI=1S/C21H23N7O2/c1-14-11-19(30-25-14)16-12-22-24-21(16)15-5-4-9-27(13-15)20(29)8-10-28-18-7-3-2-6-17(18)23-26-28/h2-3,6-7,11-12,15H,4-5,8-10,13H2,1H3,(H,22,24)/t15-/m0/s1. The highest BCUT2D eigenvalue weighted by molar-refractivity contribution is 5.77. The van der Waals surface area contributed by atoms with Gasteiger partial charge in [-0.15, -0.1) is 5.10 Å². The number of hydrogen-bond donors (Lipinski definition) is 1. The van der Waals surface area contributed by atoms with E-state index in [1.807, 2.05) is 42.2 Å². The van der Waals surface area contributed by atoms with Crippen LogP contribution in [0.15, 0.2) is 41.1 Å². The zero-order chi connectivity index (χ0) is 20.5. The highest BCUT2D eigenvalue weighted by Gasteiger charge is 2.28. The number of para-hydroxylation sites is 1. The Morgan fingerprint density at radius 2 is 2.23 bits per heavy atom. The molecule has 1 N–H and O–H groups in total. The summed E-state index contributed by atoms with van der Waals surface area (Å²) in [4.78, 5) is 14.9. The van der Waals surface area contributed by atoms with Crippen molar-refractivity contribution in [1.29, 1.82) is 0 Å². The van der Waals surface area contributed by atoms with Crippen LogP contribution in [0.25, 0.3) is 22.4 Å². The van der Waals surface area contributed by atoms with Crippen molar-refractivity contribution in [2.75, 3.05) is 13.1 Å². The zero-order valence-corrected chi connectivity index (χ0v) is 16.8. The predicted octanol–water partition coefficient (Wildman–Crippen LogP) is 2.91. The fourth-order valence-corrected chi connectivity index (χ4v) is 4.18. The van der Waals surface area contributed by atoms with E-state index < -0.39 is 0 Å². The lowest BCUT2D eigenvalue weighted by Gasteiger charge is -2.32. The Morgan fingerprint density at radius 3 is 3.10 bits per heavy atom. The van der Waals surface area contributed by atoms with Crippen molar-refractivity contribution < 1.29 is 9.32 Å². The van der Waals surface area contributed by atoms with Crippen molar-refractivity contribution in [1.82, 2.24) is 35.2 Å². The second-order valence-electron chi connectivity index (χ2n) is 7.76. The first-order valence-electron chi connectivity index (χ1n) is 10.2. The Hall–Kier alpha value is -3.49. The summed E-state index contributed by atoms with van der Waals surface area (Å²) in [7, 11) is 0. The SMILES string of the molecule is Cc1cc(-c2cn[nH]c2[C@H]2CCCN(C(=O)CCn3nnc4ccccc43)C2)on1. The minimum absolute atomic E-state index is 0.135. The molecule has 1 aliphatic heterocycles. The van der Waals surface area contributed by atoms with Gasteiger partial charge < -0.3 is 9.42 Å². The van der Waals surface area contributed by atoms with Crippen LogP contribution in [0, 0.1) is 6.92 Å². The highest BCUT2D eigenvalue weighted by Crippen LogP contribution is 2.33. The molecule has 1 atom stereocenters. The maximum atomic E-state index is 12.9. The quantitative estimate of drug-likeness (QED) is 0.547. The van der Waals surface area contributed by atoms with Gasteiger partial charge in [-0.05, 0) is 31.9 Å². The second kappa shape index (κ2) is 7.74. The topological polar surface area (TPSA) is 106 Å². The average molecular weight is 405 g/mol. The number of nitrogens with zero attached hydrogens (tertiary/aromatic N) is 6. The van der Waals surface area contributed by atoms with Crippen molar-refractivity contribution in [3.8, 4) is 11.3 Å². The fourth-order valence-electron chi connectivity index (χ4n) is 4.18. The smallest absolute Gasteiger partial charge is 0.224 e. The van der Waals surface area contributed by atoms with Gasteiger partial charge in [-0.25, -0.2) is 4.68 Å². The summed E-state index contributed by atoms with van der Waals surface area (Å²) in [5, 5.41) is 19.7. The molecule has 0 unspecified atom stereocenters. The molecule has 0 aliphatic carbocycles. The Morgan fingerprint density at radius 1 is 1.33 bits per heavy atom. The number of hydrogen-bond acceptors (Lipinski definition) is 6.